The Balaban J connectivity index is 1.84. The summed E-state index contributed by atoms with van der Waals surface area (Å²) in [6.07, 6.45) is 4.40. The Labute approximate surface area is 104 Å². The van der Waals surface area contributed by atoms with Crippen LogP contribution < -0.4 is 10.6 Å². The maximum Gasteiger partial charge on any atom is 0.227 e. The van der Waals surface area contributed by atoms with Crippen molar-refractivity contribution in [3.63, 3.8) is 0 Å². The Kier molecular flexibility index (Phi) is 4.05. The van der Waals surface area contributed by atoms with Crippen LogP contribution in [0.2, 0.25) is 0 Å². The molecule has 2 fully saturated rings. The zero-order valence-electron chi connectivity index (χ0n) is 11.1. The molecule has 2 aliphatic heterocycles. The van der Waals surface area contributed by atoms with Gasteiger partial charge in [0.15, 0.2) is 0 Å². The van der Waals surface area contributed by atoms with Gasteiger partial charge >= 0.3 is 0 Å². The molecule has 1 amide bonds. The van der Waals surface area contributed by atoms with Crippen LogP contribution in [0.15, 0.2) is 0 Å². The largest absolute Gasteiger partial charge is 0.354 e. The minimum absolute atomic E-state index is 0.142. The summed E-state index contributed by atoms with van der Waals surface area (Å²) >= 11 is 0. The molecule has 0 radical (unpaired) electrons. The number of rotatable bonds is 4. The molecule has 2 saturated heterocycles. The molecule has 98 valence electrons. The molecule has 0 aromatic carbocycles. The van der Waals surface area contributed by atoms with Gasteiger partial charge in [-0.15, -0.1) is 0 Å². The van der Waals surface area contributed by atoms with E-state index in [0.717, 1.165) is 32.5 Å². The van der Waals surface area contributed by atoms with Crippen molar-refractivity contribution in [3.05, 3.63) is 0 Å². The van der Waals surface area contributed by atoms with Crippen LogP contribution in [0.4, 0.5) is 0 Å². The number of likely N-dealkylation sites (N-methyl/N-ethyl adjacent to an activating group) is 1. The second-order valence-electron chi connectivity index (χ2n) is 5.55. The number of nitrogens with one attached hydrogen (secondary N) is 2. The van der Waals surface area contributed by atoms with Gasteiger partial charge in [0.25, 0.3) is 0 Å². The van der Waals surface area contributed by atoms with E-state index < -0.39 is 0 Å². The lowest BCUT2D eigenvalue weighted by molar-refractivity contribution is -0.130. The number of hydrogen-bond donors (Lipinski definition) is 2. The van der Waals surface area contributed by atoms with Crippen molar-refractivity contribution in [3.8, 4) is 0 Å². The minimum atomic E-state index is -0.142. The van der Waals surface area contributed by atoms with Crippen molar-refractivity contribution in [2.75, 3.05) is 33.2 Å². The Bertz CT molecular complexity index is 274. The third-order valence-electron chi connectivity index (χ3n) is 4.57. The quantitative estimate of drug-likeness (QED) is 0.754. The standard InChI is InChI=1S/C13H25N3O/c1-3-13(6-7-14-10-13)12(17)15-9-11-5-4-8-16(11)2/h11,14H,3-10H2,1-2H3,(H,15,17). The number of carbonyl (C=O) groups excluding carboxylic acids is 1. The predicted octanol–water partition coefficient (Wildman–Crippen LogP) is 0.587. The molecule has 2 N–H and O–H groups in total. The van der Waals surface area contributed by atoms with Crippen molar-refractivity contribution in [1.29, 1.82) is 0 Å². The molecule has 0 spiro atoms. The van der Waals surface area contributed by atoms with E-state index in [1.807, 2.05) is 0 Å². The van der Waals surface area contributed by atoms with Crippen LogP contribution in [-0.2, 0) is 4.79 Å². The molecular formula is C13H25N3O. The molecule has 0 saturated carbocycles. The normalized spacial score (nSPS) is 34.1. The monoisotopic (exact) mass is 239 g/mol. The van der Waals surface area contributed by atoms with E-state index in [2.05, 4.69) is 29.5 Å². The van der Waals surface area contributed by atoms with E-state index in [-0.39, 0.29) is 11.3 Å². The summed E-state index contributed by atoms with van der Waals surface area (Å²) in [6, 6.07) is 0.544. The van der Waals surface area contributed by atoms with E-state index in [4.69, 9.17) is 0 Å². The summed E-state index contributed by atoms with van der Waals surface area (Å²) < 4.78 is 0. The lowest BCUT2D eigenvalue weighted by Gasteiger charge is -2.27. The summed E-state index contributed by atoms with van der Waals surface area (Å²) in [5.74, 6) is 0.255. The summed E-state index contributed by atoms with van der Waals surface area (Å²) in [5, 5.41) is 6.48. The van der Waals surface area contributed by atoms with Gasteiger partial charge in [-0.05, 0) is 45.8 Å². The van der Waals surface area contributed by atoms with Crippen LogP contribution in [0.5, 0.6) is 0 Å². The van der Waals surface area contributed by atoms with Gasteiger partial charge in [0.05, 0.1) is 5.41 Å². The van der Waals surface area contributed by atoms with Gasteiger partial charge in [-0.3, -0.25) is 4.79 Å². The van der Waals surface area contributed by atoms with Crippen LogP contribution >= 0.6 is 0 Å². The third-order valence-corrected chi connectivity index (χ3v) is 4.57. The second-order valence-corrected chi connectivity index (χ2v) is 5.55. The van der Waals surface area contributed by atoms with Crippen LogP contribution in [0, 0.1) is 5.41 Å². The molecule has 0 aromatic heterocycles. The SMILES string of the molecule is CCC1(C(=O)NCC2CCCN2C)CCNC1. The Morgan fingerprint density at radius 3 is 2.94 bits per heavy atom. The van der Waals surface area contributed by atoms with Gasteiger partial charge < -0.3 is 15.5 Å². The number of likely N-dealkylation sites (tertiary alicyclic amines) is 1. The fourth-order valence-electron chi connectivity index (χ4n) is 3.04. The molecule has 0 aliphatic carbocycles. The molecule has 2 unspecified atom stereocenters. The first-order valence-electron chi connectivity index (χ1n) is 6.87. The van der Waals surface area contributed by atoms with Gasteiger partial charge in [-0.25, -0.2) is 0 Å². The lowest BCUT2D eigenvalue weighted by atomic mass is 9.83. The average Bonchev–Trinajstić information content (AvgIpc) is 2.95. The summed E-state index contributed by atoms with van der Waals surface area (Å²) in [6.45, 7) is 5.92. The van der Waals surface area contributed by atoms with E-state index >= 15 is 0 Å². The van der Waals surface area contributed by atoms with E-state index in [1.54, 1.807) is 0 Å². The van der Waals surface area contributed by atoms with Gasteiger partial charge in [0.2, 0.25) is 5.91 Å². The lowest BCUT2D eigenvalue weighted by Crippen LogP contribution is -2.46. The molecule has 2 heterocycles. The summed E-state index contributed by atoms with van der Waals surface area (Å²) in [4.78, 5) is 14.6. The van der Waals surface area contributed by atoms with E-state index in [1.165, 1.54) is 19.4 Å². The van der Waals surface area contributed by atoms with E-state index in [0.29, 0.717) is 6.04 Å². The van der Waals surface area contributed by atoms with E-state index in [9.17, 15) is 4.79 Å². The van der Waals surface area contributed by atoms with Gasteiger partial charge in [-0.2, -0.15) is 0 Å². The minimum Gasteiger partial charge on any atom is -0.354 e. The van der Waals surface area contributed by atoms with Crippen LogP contribution in [0.25, 0.3) is 0 Å². The summed E-state index contributed by atoms with van der Waals surface area (Å²) in [5.41, 5.74) is -0.142. The summed E-state index contributed by atoms with van der Waals surface area (Å²) in [7, 11) is 2.15. The van der Waals surface area contributed by atoms with Crippen molar-refractivity contribution in [2.24, 2.45) is 5.41 Å². The molecule has 4 heteroatoms. The highest BCUT2D eigenvalue weighted by Crippen LogP contribution is 2.29. The molecule has 2 rings (SSSR count). The zero-order chi connectivity index (χ0) is 12.3. The number of amides is 1. The fraction of sp³-hybridized carbons (Fsp3) is 0.923. The highest BCUT2D eigenvalue weighted by Gasteiger charge is 2.39. The second kappa shape index (κ2) is 5.36. The molecule has 4 nitrogen and oxygen atoms in total. The van der Waals surface area contributed by atoms with Crippen LogP contribution in [0.1, 0.15) is 32.6 Å². The zero-order valence-corrected chi connectivity index (χ0v) is 11.1. The fourth-order valence-corrected chi connectivity index (χ4v) is 3.04. The highest BCUT2D eigenvalue weighted by atomic mass is 16.2. The predicted molar refractivity (Wildman–Crippen MR) is 68.9 cm³/mol. The number of carbonyl (C=O) groups is 1. The Morgan fingerprint density at radius 1 is 1.59 bits per heavy atom. The van der Waals surface area contributed by atoms with Crippen molar-refractivity contribution >= 4 is 5.91 Å². The van der Waals surface area contributed by atoms with Crippen molar-refractivity contribution < 1.29 is 4.79 Å². The number of hydrogen-bond acceptors (Lipinski definition) is 3. The van der Waals surface area contributed by atoms with Gasteiger partial charge in [0.1, 0.15) is 0 Å². The topological polar surface area (TPSA) is 44.4 Å². The maximum absolute atomic E-state index is 12.3. The molecule has 0 bridgehead atoms. The van der Waals surface area contributed by atoms with Crippen LogP contribution in [-0.4, -0.2) is 50.1 Å². The van der Waals surface area contributed by atoms with Gasteiger partial charge in [0, 0.05) is 19.1 Å². The molecule has 2 atom stereocenters. The molecule has 0 aromatic rings. The Morgan fingerprint density at radius 2 is 2.41 bits per heavy atom. The smallest absolute Gasteiger partial charge is 0.227 e. The average molecular weight is 239 g/mol. The first kappa shape index (κ1) is 12.8. The molecular weight excluding hydrogens is 214 g/mol. The van der Waals surface area contributed by atoms with Crippen LogP contribution in [0.3, 0.4) is 0 Å². The molecule has 17 heavy (non-hydrogen) atoms. The van der Waals surface area contributed by atoms with Gasteiger partial charge in [-0.1, -0.05) is 6.92 Å². The highest BCUT2D eigenvalue weighted by molar-refractivity contribution is 5.83. The van der Waals surface area contributed by atoms with Crippen molar-refractivity contribution in [1.82, 2.24) is 15.5 Å². The number of nitrogens with zero attached hydrogens (tertiary/aromatic N) is 1. The molecule has 2 aliphatic rings. The Hall–Kier alpha value is -0.610. The first-order valence-corrected chi connectivity index (χ1v) is 6.87. The maximum atomic E-state index is 12.3. The first-order chi connectivity index (χ1) is 8.18. The third kappa shape index (κ3) is 2.63. The van der Waals surface area contributed by atoms with Crippen molar-refractivity contribution in [2.45, 2.75) is 38.6 Å².